The van der Waals surface area contributed by atoms with Crippen molar-refractivity contribution >= 4 is 22.9 Å². The maximum absolute atomic E-state index is 14.0. The van der Waals surface area contributed by atoms with Gasteiger partial charge in [0.1, 0.15) is 5.82 Å². The van der Waals surface area contributed by atoms with Gasteiger partial charge < -0.3 is 5.32 Å². The largest absolute Gasteiger partial charge is 0.309 e. The Morgan fingerprint density at radius 1 is 1.41 bits per heavy atom. The lowest BCUT2D eigenvalue weighted by molar-refractivity contribution is 0.577. The number of rotatable bonds is 3. The third kappa shape index (κ3) is 2.51. The molecule has 1 heterocycles. The van der Waals surface area contributed by atoms with Crippen molar-refractivity contribution in [1.82, 2.24) is 5.32 Å². The number of thiophene rings is 1. The summed E-state index contributed by atoms with van der Waals surface area (Å²) in [6.45, 7) is 2.04. The van der Waals surface area contributed by atoms with Crippen LogP contribution in [0.4, 0.5) is 4.39 Å². The predicted octanol–water partition coefficient (Wildman–Crippen LogP) is 4.16. The molecule has 90 valence electrons. The van der Waals surface area contributed by atoms with E-state index in [0.717, 1.165) is 5.56 Å². The fourth-order valence-corrected chi connectivity index (χ4v) is 2.77. The van der Waals surface area contributed by atoms with E-state index >= 15 is 0 Å². The van der Waals surface area contributed by atoms with Crippen LogP contribution in [-0.2, 0) is 0 Å². The van der Waals surface area contributed by atoms with E-state index in [1.807, 2.05) is 19.4 Å². The van der Waals surface area contributed by atoms with E-state index in [1.54, 1.807) is 29.5 Å². The molecule has 4 heteroatoms. The molecule has 1 aromatic carbocycles. The second kappa shape index (κ2) is 5.17. The minimum absolute atomic E-state index is 0.154. The minimum Gasteiger partial charge on any atom is -0.309 e. The van der Waals surface area contributed by atoms with Crippen LogP contribution in [0.3, 0.4) is 0 Å². The summed E-state index contributed by atoms with van der Waals surface area (Å²) in [4.78, 5) is 1.21. The number of halogens is 2. The Kier molecular flexibility index (Phi) is 3.82. The fraction of sp³-hybridized carbons (Fsp3) is 0.231. The van der Waals surface area contributed by atoms with Crippen LogP contribution in [0.2, 0.25) is 5.02 Å². The molecule has 0 saturated heterocycles. The maximum Gasteiger partial charge on any atom is 0.146 e. The average molecular weight is 270 g/mol. The predicted molar refractivity (Wildman–Crippen MR) is 71.4 cm³/mol. The highest BCUT2D eigenvalue weighted by Gasteiger charge is 2.18. The van der Waals surface area contributed by atoms with Gasteiger partial charge in [0.2, 0.25) is 0 Å². The highest BCUT2D eigenvalue weighted by atomic mass is 35.5. The summed E-state index contributed by atoms with van der Waals surface area (Å²) >= 11 is 7.46. The van der Waals surface area contributed by atoms with Crippen LogP contribution in [-0.4, -0.2) is 7.05 Å². The van der Waals surface area contributed by atoms with Gasteiger partial charge in [-0.05, 0) is 37.0 Å². The van der Waals surface area contributed by atoms with Gasteiger partial charge in [-0.3, -0.25) is 0 Å². The van der Waals surface area contributed by atoms with Gasteiger partial charge in [0.15, 0.2) is 0 Å². The molecule has 0 aliphatic carbocycles. The Hall–Kier alpha value is -0.900. The van der Waals surface area contributed by atoms with Crippen LogP contribution >= 0.6 is 22.9 Å². The minimum atomic E-state index is -0.350. The number of aryl methyl sites for hydroxylation is 1. The Morgan fingerprint density at radius 3 is 2.76 bits per heavy atom. The van der Waals surface area contributed by atoms with Gasteiger partial charge in [0, 0.05) is 10.4 Å². The van der Waals surface area contributed by atoms with Crippen LogP contribution < -0.4 is 5.32 Å². The first-order valence-electron chi connectivity index (χ1n) is 5.29. The first-order valence-corrected chi connectivity index (χ1v) is 6.55. The van der Waals surface area contributed by atoms with Gasteiger partial charge >= 0.3 is 0 Å². The standard InChI is InChI=1S/C13H13ClFNS/c1-8-6-9(7-17-8)13(16-2)10-4-3-5-11(14)12(10)15/h3-7,13,16H,1-2H3. The summed E-state index contributed by atoms with van der Waals surface area (Å²) in [5.41, 5.74) is 1.65. The second-order valence-corrected chi connectivity index (χ2v) is 5.38. The molecule has 1 nitrogen and oxygen atoms in total. The molecule has 2 rings (SSSR count). The molecule has 2 aromatic rings. The van der Waals surface area contributed by atoms with E-state index in [0.29, 0.717) is 5.56 Å². The van der Waals surface area contributed by atoms with E-state index in [1.165, 1.54) is 4.88 Å². The molecule has 17 heavy (non-hydrogen) atoms. The van der Waals surface area contributed by atoms with Gasteiger partial charge in [0.05, 0.1) is 11.1 Å². The first kappa shape index (κ1) is 12.6. The van der Waals surface area contributed by atoms with E-state index in [9.17, 15) is 4.39 Å². The summed E-state index contributed by atoms with van der Waals surface area (Å²) in [6.07, 6.45) is 0. The van der Waals surface area contributed by atoms with Gasteiger partial charge in [-0.25, -0.2) is 4.39 Å². The van der Waals surface area contributed by atoms with Crippen molar-refractivity contribution in [2.24, 2.45) is 0 Å². The van der Waals surface area contributed by atoms with Crippen LogP contribution in [0, 0.1) is 12.7 Å². The quantitative estimate of drug-likeness (QED) is 0.882. The van der Waals surface area contributed by atoms with Crippen LogP contribution in [0.25, 0.3) is 0 Å². The molecule has 0 radical (unpaired) electrons. The van der Waals surface area contributed by atoms with Gasteiger partial charge in [-0.1, -0.05) is 23.7 Å². The van der Waals surface area contributed by atoms with Gasteiger partial charge in [-0.15, -0.1) is 11.3 Å². The lowest BCUT2D eigenvalue weighted by Gasteiger charge is -2.16. The zero-order valence-corrected chi connectivity index (χ0v) is 11.2. The summed E-state index contributed by atoms with van der Waals surface area (Å²) in [7, 11) is 1.82. The van der Waals surface area contributed by atoms with Crippen molar-refractivity contribution in [3.8, 4) is 0 Å². The number of benzene rings is 1. The molecule has 1 atom stereocenters. The van der Waals surface area contributed by atoms with Crippen molar-refractivity contribution in [1.29, 1.82) is 0 Å². The summed E-state index contributed by atoms with van der Waals surface area (Å²) in [5, 5.41) is 5.32. The molecule has 0 aliphatic rings. The molecule has 0 spiro atoms. The lowest BCUT2D eigenvalue weighted by atomic mass is 10.0. The Balaban J connectivity index is 2.45. The molecule has 1 N–H and O–H groups in total. The van der Waals surface area contributed by atoms with E-state index in [-0.39, 0.29) is 16.9 Å². The monoisotopic (exact) mass is 269 g/mol. The summed E-state index contributed by atoms with van der Waals surface area (Å²) < 4.78 is 14.0. The summed E-state index contributed by atoms with van der Waals surface area (Å²) in [6, 6.07) is 7.00. The van der Waals surface area contributed by atoms with Crippen LogP contribution in [0.15, 0.2) is 29.6 Å². The highest BCUT2D eigenvalue weighted by Crippen LogP contribution is 2.30. The van der Waals surface area contributed by atoms with Crippen molar-refractivity contribution in [3.05, 3.63) is 56.5 Å². The number of nitrogens with one attached hydrogen (secondary N) is 1. The van der Waals surface area contributed by atoms with E-state index in [4.69, 9.17) is 11.6 Å². The average Bonchev–Trinajstić information content (AvgIpc) is 2.72. The van der Waals surface area contributed by atoms with Gasteiger partial charge in [-0.2, -0.15) is 0 Å². The zero-order valence-electron chi connectivity index (χ0n) is 9.63. The van der Waals surface area contributed by atoms with Gasteiger partial charge in [0.25, 0.3) is 0 Å². The molecule has 0 fully saturated rings. The normalized spacial score (nSPS) is 12.7. The van der Waals surface area contributed by atoms with Crippen molar-refractivity contribution in [3.63, 3.8) is 0 Å². The number of hydrogen-bond acceptors (Lipinski definition) is 2. The zero-order chi connectivity index (χ0) is 12.4. The maximum atomic E-state index is 14.0. The molecule has 0 aliphatic heterocycles. The molecule has 1 unspecified atom stereocenters. The molecule has 0 saturated carbocycles. The third-order valence-electron chi connectivity index (χ3n) is 2.67. The Bertz CT molecular complexity index is 524. The van der Waals surface area contributed by atoms with Crippen LogP contribution in [0.1, 0.15) is 22.0 Å². The van der Waals surface area contributed by atoms with E-state index < -0.39 is 0 Å². The topological polar surface area (TPSA) is 12.0 Å². The van der Waals surface area contributed by atoms with Crippen LogP contribution in [0.5, 0.6) is 0 Å². The van der Waals surface area contributed by atoms with Crippen molar-refractivity contribution in [2.75, 3.05) is 7.05 Å². The molecular formula is C13H13ClFNS. The third-order valence-corrected chi connectivity index (χ3v) is 3.84. The fourth-order valence-electron chi connectivity index (χ4n) is 1.86. The molecule has 0 bridgehead atoms. The van der Waals surface area contributed by atoms with Crippen molar-refractivity contribution in [2.45, 2.75) is 13.0 Å². The molecule has 0 amide bonds. The lowest BCUT2D eigenvalue weighted by Crippen LogP contribution is -2.18. The van der Waals surface area contributed by atoms with Crippen molar-refractivity contribution < 1.29 is 4.39 Å². The smallest absolute Gasteiger partial charge is 0.146 e. The Morgan fingerprint density at radius 2 is 2.18 bits per heavy atom. The first-order chi connectivity index (χ1) is 8.13. The second-order valence-electron chi connectivity index (χ2n) is 3.86. The highest BCUT2D eigenvalue weighted by molar-refractivity contribution is 7.10. The van der Waals surface area contributed by atoms with E-state index in [2.05, 4.69) is 11.4 Å². The summed E-state index contributed by atoms with van der Waals surface area (Å²) in [5.74, 6) is -0.350. The molecule has 1 aromatic heterocycles. The SMILES string of the molecule is CNC(c1csc(C)c1)c1cccc(Cl)c1F. The number of hydrogen-bond donors (Lipinski definition) is 1. The Labute approximate surface area is 109 Å². The molecular weight excluding hydrogens is 257 g/mol.